The number of likely N-dealkylation sites (N-methyl/N-ethyl adjacent to an activating group) is 1. The highest BCUT2D eigenvalue weighted by Gasteiger charge is 2.08. The van der Waals surface area contributed by atoms with Crippen LogP contribution in [0.1, 0.15) is 12.0 Å². The molecule has 96 valence electrons. The van der Waals surface area contributed by atoms with Gasteiger partial charge in [-0.2, -0.15) is 0 Å². The summed E-state index contributed by atoms with van der Waals surface area (Å²) in [6.07, 6.45) is -0.759. The van der Waals surface area contributed by atoms with Gasteiger partial charge in [0.15, 0.2) is 0 Å². The van der Waals surface area contributed by atoms with E-state index in [0.29, 0.717) is 6.61 Å². The lowest BCUT2D eigenvalue weighted by Gasteiger charge is -2.16. The van der Waals surface area contributed by atoms with Gasteiger partial charge in [0.2, 0.25) is 0 Å². The average molecular weight is 243 g/mol. The van der Waals surface area contributed by atoms with E-state index in [1.165, 1.54) is 5.56 Å². The molecule has 0 saturated heterocycles. The van der Waals surface area contributed by atoms with Crippen LogP contribution in [0.5, 0.6) is 0 Å². The monoisotopic (exact) mass is 243 g/mol. The summed E-state index contributed by atoms with van der Waals surface area (Å²) in [5, 5.41) is 3.17. The van der Waals surface area contributed by atoms with Crippen LogP contribution in [-0.2, 0) is 11.2 Å². The van der Waals surface area contributed by atoms with E-state index in [2.05, 4.69) is 17.4 Å². The van der Waals surface area contributed by atoms with E-state index in [1.54, 1.807) is 0 Å². The molecule has 1 rings (SSSR count). The van der Waals surface area contributed by atoms with Gasteiger partial charge in [-0.3, -0.25) is 0 Å². The molecule has 0 amide bonds. The fourth-order valence-corrected chi connectivity index (χ4v) is 1.65. The lowest BCUT2D eigenvalue weighted by molar-refractivity contribution is 0.0146. The van der Waals surface area contributed by atoms with Crippen molar-refractivity contribution in [3.05, 3.63) is 35.9 Å². The molecule has 17 heavy (non-hydrogen) atoms. The van der Waals surface area contributed by atoms with Crippen molar-refractivity contribution < 1.29 is 13.5 Å². The van der Waals surface area contributed by atoms with Crippen molar-refractivity contribution >= 4 is 0 Å². The molecule has 0 saturated carbocycles. The molecular weight excluding hydrogens is 224 g/mol. The number of benzene rings is 1. The molecule has 0 aliphatic heterocycles. The minimum Gasteiger partial charge on any atom is -0.375 e. The van der Waals surface area contributed by atoms with Crippen molar-refractivity contribution in [2.45, 2.75) is 25.3 Å². The van der Waals surface area contributed by atoms with Gasteiger partial charge in [0.05, 0.1) is 0 Å². The van der Waals surface area contributed by atoms with Crippen molar-refractivity contribution in [3.8, 4) is 0 Å². The van der Waals surface area contributed by atoms with Gasteiger partial charge in [0.25, 0.3) is 6.43 Å². The smallest absolute Gasteiger partial charge is 0.261 e. The molecule has 4 heteroatoms. The summed E-state index contributed by atoms with van der Waals surface area (Å²) in [6, 6.07) is 10.3. The molecule has 0 aliphatic rings. The van der Waals surface area contributed by atoms with Crippen molar-refractivity contribution in [2.24, 2.45) is 0 Å². The molecule has 0 radical (unpaired) electrons. The lowest BCUT2D eigenvalue weighted by Crippen LogP contribution is -2.29. The Morgan fingerprint density at radius 2 is 1.94 bits per heavy atom. The van der Waals surface area contributed by atoms with Crippen LogP contribution in [0.15, 0.2) is 30.3 Å². The second kappa shape index (κ2) is 8.14. The SMILES string of the molecule is CNC(CCOCC(F)F)Cc1ccccc1. The molecule has 1 N–H and O–H groups in total. The molecular formula is C13H19F2NO. The van der Waals surface area contributed by atoms with E-state index in [0.717, 1.165) is 12.8 Å². The summed E-state index contributed by atoms with van der Waals surface area (Å²) >= 11 is 0. The van der Waals surface area contributed by atoms with Gasteiger partial charge >= 0.3 is 0 Å². The van der Waals surface area contributed by atoms with Crippen LogP contribution >= 0.6 is 0 Å². The van der Waals surface area contributed by atoms with Crippen LogP contribution in [0.25, 0.3) is 0 Å². The minimum atomic E-state index is -2.38. The molecule has 0 fully saturated rings. The zero-order valence-corrected chi connectivity index (χ0v) is 10.0. The highest BCUT2D eigenvalue weighted by molar-refractivity contribution is 5.15. The third kappa shape index (κ3) is 6.34. The number of halogens is 2. The molecule has 0 aromatic heterocycles. The highest BCUT2D eigenvalue weighted by atomic mass is 19.3. The summed E-state index contributed by atoms with van der Waals surface area (Å²) in [7, 11) is 1.88. The van der Waals surface area contributed by atoms with E-state index in [4.69, 9.17) is 4.74 Å². The molecule has 0 heterocycles. The number of rotatable bonds is 8. The van der Waals surface area contributed by atoms with Gasteiger partial charge in [-0.05, 0) is 25.5 Å². The maximum absolute atomic E-state index is 11.8. The predicted octanol–water partition coefficient (Wildman–Crippen LogP) is 2.49. The highest BCUT2D eigenvalue weighted by Crippen LogP contribution is 2.06. The van der Waals surface area contributed by atoms with Crippen molar-refractivity contribution in [3.63, 3.8) is 0 Å². The van der Waals surface area contributed by atoms with Crippen LogP contribution in [0.4, 0.5) is 8.78 Å². The Bertz CT molecular complexity index is 293. The first-order chi connectivity index (χ1) is 8.22. The second-order valence-corrected chi connectivity index (χ2v) is 3.93. The van der Waals surface area contributed by atoms with Crippen LogP contribution in [0.3, 0.4) is 0 Å². The normalized spacial score (nSPS) is 12.9. The molecule has 0 aliphatic carbocycles. The molecule has 2 nitrogen and oxygen atoms in total. The van der Waals surface area contributed by atoms with Crippen molar-refractivity contribution in [1.29, 1.82) is 0 Å². The third-order valence-electron chi connectivity index (χ3n) is 2.59. The van der Waals surface area contributed by atoms with Gasteiger partial charge in [-0.15, -0.1) is 0 Å². The fraction of sp³-hybridized carbons (Fsp3) is 0.538. The van der Waals surface area contributed by atoms with Crippen LogP contribution < -0.4 is 5.32 Å². The average Bonchev–Trinajstić information content (AvgIpc) is 2.34. The first kappa shape index (κ1) is 14.1. The molecule has 0 bridgehead atoms. The van der Waals surface area contributed by atoms with E-state index < -0.39 is 13.0 Å². The first-order valence-electron chi connectivity index (χ1n) is 5.79. The first-order valence-corrected chi connectivity index (χ1v) is 5.79. The predicted molar refractivity (Wildman–Crippen MR) is 64.4 cm³/mol. The van der Waals surface area contributed by atoms with Gasteiger partial charge in [0.1, 0.15) is 6.61 Å². The summed E-state index contributed by atoms with van der Waals surface area (Å²) in [5.41, 5.74) is 1.24. The molecule has 1 unspecified atom stereocenters. The fourth-order valence-electron chi connectivity index (χ4n) is 1.65. The zero-order valence-electron chi connectivity index (χ0n) is 10.0. The maximum atomic E-state index is 11.8. The number of ether oxygens (including phenoxy) is 1. The Balaban J connectivity index is 2.24. The van der Waals surface area contributed by atoms with Crippen LogP contribution in [-0.4, -0.2) is 32.7 Å². The second-order valence-electron chi connectivity index (χ2n) is 3.93. The van der Waals surface area contributed by atoms with Gasteiger partial charge in [-0.25, -0.2) is 8.78 Å². The molecule has 1 atom stereocenters. The Morgan fingerprint density at radius 1 is 1.24 bits per heavy atom. The number of hydrogen-bond donors (Lipinski definition) is 1. The molecule has 1 aromatic rings. The summed E-state index contributed by atoms with van der Waals surface area (Å²) < 4.78 is 28.6. The van der Waals surface area contributed by atoms with Gasteiger partial charge in [-0.1, -0.05) is 30.3 Å². The van der Waals surface area contributed by atoms with Crippen LogP contribution in [0.2, 0.25) is 0 Å². The quantitative estimate of drug-likeness (QED) is 0.708. The molecule has 0 spiro atoms. The maximum Gasteiger partial charge on any atom is 0.261 e. The third-order valence-corrected chi connectivity index (χ3v) is 2.59. The Labute approximate surface area is 101 Å². The Morgan fingerprint density at radius 3 is 2.53 bits per heavy atom. The number of nitrogens with one attached hydrogen (secondary N) is 1. The topological polar surface area (TPSA) is 21.3 Å². The van der Waals surface area contributed by atoms with Gasteiger partial charge in [0, 0.05) is 12.6 Å². The van der Waals surface area contributed by atoms with E-state index in [-0.39, 0.29) is 6.04 Å². The van der Waals surface area contributed by atoms with Crippen molar-refractivity contribution in [2.75, 3.05) is 20.3 Å². The summed E-state index contributed by atoms with van der Waals surface area (Å²) in [4.78, 5) is 0. The number of alkyl halides is 2. The largest absolute Gasteiger partial charge is 0.375 e. The molecule has 1 aromatic carbocycles. The van der Waals surface area contributed by atoms with Crippen molar-refractivity contribution in [1.82, 2.24) is 5.32 Å². The van der Waals surface area contributed by atoms with E-state index in [1.807, 2.05) is 25.2 Å². The summed E-state index contributed by atoms with van der Waals surface area (Å²) in [6.45, 7) is -0.107. The number of hydrogen-bond acceptors (Lipinski definition) is 2. The van der Waals surface area contributed by atoms with Gasteiger partial charge < -0.3 is 10.1 Å². The standard InChI is InChI=1S/C13H19F2NO/c1-16-12(7-8-17-10-13(14)15)9-11-5-3-2-4-6-11/h2-6,12-13,16H,7-10H2,1H3. The minimum absolute atomic E-state index is 0.259. The van der Waals surface area contributed by atoms with E-state index >= 15 is 0 Å². The summed E-state index contributed by atoms with van der Waals surface area (Å²) in [5.74, 6) is 0. The van der Waals surface area contributed by atoms with E-state index in [9.17, 15) is 8.78 Å². The Kier molecular flexibility index (Phi) is 6.74. The zero-order chi connectivity index (χ0) is 12.5. The van der Waals surface area contributed by atoms with Crippen LogP contribution in [0, 0.1) is 0 Å². The Hall–Kier alpha value is -1.00. The lowest BCUT2D eigenvalue weighted by atomic mass is 10.0.